The Balaban J connectivity index is 1.71. The Morgan fingerprint density at radius 1 is 1.11 bits per heavy atom. The van der Waals surface area contributed by atoms with E-state index >= 15 is 0 Å². The predicted molar refractivity (Wildman–Crippen MR) is 101 cm³/mol. The lowest BCUT2D eigenvalue weighted by molar-refractivity contribution is 0.0947. The van der Waals surface area contributed by atoms with Crippen LogP contribution in [0.1, 0.15) is 21.8 Å². The molecule has 8 heteroatoms. The first kappa shape index (κ1) is 18.7. The first-order valence-corrected chi connectivity index (χ1v) is 9.66. The van der Waals surface area contributed by atoms with Crippen LogP contribution in [-0.4, -0.2) is 26.5 Å². The summed E-state index contributed by atoms with van der Waals surface area (Å²) in [5, 5.41) is 6.45. The molecule has 0 aliphatic rings. The molecule has 1 aromatic heterocycles. The number of amides is 1. The Morgan fingerprint density at radius 2 is 1.78 bits per heavy atom. The van der Waals surface area contributed by atoms with E-state index in [9.17, 15) is 13.2 Å². The lowest BCUT2D eigenvalue weighted by atomic mass is 10.2. The maximum Gasteiger partial charge on any atom is 0.264 e. The third-order valence-electron chi connectivity index (χ3n) is 3.99. The number of anilines is 1. The quantitative estimate of drug-likeness (QED) is 0.704. The molecule has 0 spiro atoms. The molecule has 0 unspecified atom stereocenters. The monoisotopic (exact) mass is 385 g/mol. The third-order valence-corrected chi connectivity index (χ3v) is 5.79. The van der Waals surface area contributed by atoms with Crippen LogP contribution in [0.5, 0.6) is 0 Å². The summed E-state index contributed by atoms with van der Waals surface area (Å²) >= 11 is 0. The molecule has 1 heterocycles. The zero-order valence-electron chi connectivity index (χ0n) is 14.9. The first-order chi connectivity index (χ1) is 12.9. The van der Waals surface area contributed by atoms with E-state index < -0.39 is 10.0 Å². The van der Waals surface area contributed by atoms with E-state index in [4.69, 9.17) is 4.52 Å². The van der Waals surface area contributed by atoms with Crippen LogP contribution in [0.4, 0.5) is 5.69 Å². The number of carbonyl (C=O) groups is 1. The van der Waals surface area contributed by atoms with Crippen molar-refractivity contribution in [2.45, 2.75) is 18.4 Å². The van der Waals surface area contributed by atoms with Crippen LogP contribution < -0.4 is 9.62 Å². The lowest BCUT2D eigenvalue weighted by Crippen LogP contribution is -2.27. The average Bonchev–Trinajstić information content (AvgIpc) is 3.11. The van der Waals surface area contributed by atoms with E-state index in [-0.39, 0.29) is 17.3 Å². The van der Waals surface area contributed by atoms with Gasteiger partial charge >= 0.3 is 0 Å². The Morgan fingerprint density at radius 3 is 2.37 bits per heavy atom. The molecule has 0 fully saturated rings. The van der Waals surface area contributed by atoms with Gasteiger partial charge in [0.1, 0.15) is 0 Å². The number of rotatable bonds is 6. The Bertz CT molecular complexity index is 1030. The summed E-state index contributed by atoms with van der Waals surface area (Å²) in [6.45, 7) is 2.00. The first-order valence-electron chi connectivity index (χ1n) is 8.22. The number of hydrogen-bond donors (Lipinski definition) is 1. The smallest absolute Gasteiger partial charge is 0.264 e. The number of para-hydroxylation sites is 1. The Kier molecular flexibility index (Phi) is 5.27. The highest BCUT2D eigenvalue weighted by molar-refractivity contribution is 7.92. The number of aryl methyl sites for hydroxylation is 1. The second-order valence-corrected chi connectivity index (χ2v) is 7.92. The van der Waals surface area contributed by atoms with Crippen LogP contribution in [-0.2, 0) is 16.6 Å². The molecule has 3 rings (SSSR count). The van der Waals surface area contributed by atoms with Gasteiger partial charge in [-0.15, -0.1) is 0 Å². The minimum Gasteiger partial charge on any atom is -0.359 e. The molecule has 27 heavy (non-hydrogen) atoms. The number of aromatic nitrogens is 1. The molecule has 1 amide bonds. The summed E-state index contributed by atoms with van der Waals surface area (Å²) in [6.07, 6.45) is 0. The van der Waals surface area contributed by atoms with E-state index in [0.717, 1.165) is 5.69 Å². The van der Waals surface area contributed by atoms with Crippen molar-refractivity contribution >= 4 is 21.6 Å². The number of benzene rings is 2. The Hall–Kier alpha value is -3.13. The molecule has 0 radical (unpaired) electrons. The highest BCUT2D eigenvalue weighted by Gasteiger charge is 2.21. The van der Waals surface area contributed by atoms with Gasteiger partial charge < -0.3 is 9.84 Å². The second-order valence-electron chi connectivity index (χ2n) is 5.95. The van der Waals surface area contributed by atoms with Gasteiger partial charge in [0.05, 0.1) is 22.8 Å². The number of carbonyl (C=O) groups excluding carboxylic acids is 1. The summed E-state index contributed by atoms with van der Waals surface area (Å²) in [5.41, 5.74) is 1.64. The molecule has 0 saturated heterocycles. The summed E-state index contributed by atoms with van der Waals surface area (Å²) in [4.78, 5) is 12.3. The van der Waals surface area contributed by atoms with Crippen molar-refractivity contribution in [2.75, 3.05) is 11.4 Å². The van der Waals surface area contributed by atoms with E-state index in [0.29, 0.717) is 17.0 Å². The predicted octanol–water partition coefficient (Wildman–Crippen LogP) is 2.74. The number of hydrogen-bond acceptors (Lipinski definition) is 5. The zero-order chi connectivity index (χ0) is 19.4. The second kappa shape index (κ2) is 7.63. The third kappa shape index (κ3) is 4.17. The van der Waals surface area contributed by atoms with Crippen LogP contribution in [0.25, 0.3) is 0 Å². The van der Waals surface area contributed by atoms with Crippen molar-refractivity contribution in [2.24, 2.45) is 0 Å². The lowest BCUT2D eigenvalue weighted by Gasteiger charge is -2.19. The maximum atomic E-state index is 12.7. The largest absolute Gasteiger partial charge is 0.359 e. The number of sulfonamides is 1. The van der Waals surface area contributed by atoms with Crippen molar-refractivity contribution in [3.63, 3.8) is 0 Å². The molecular weight excluding hydrogens is 366 g/mol. The summed E-state index contributed by atoms with van der Waals surface area (Å²) < 4.78 is 31.7. The van der Waals surface area contributed by atoms with Gasteiger partial charge in [0, 0.05) is 18.7 Å². The molecule has 7 nitrogen and oxygen atoms in total. The van der Waals surface area contributed by atoms with Crippen LogP contribution in [0.3, 0.4) is 0 Å². The van der Waals surface area contributed by atoms with Crippen LogP contribution in [0.15, 0.2) is 70.1 Å². The molecule has 0 atom stereocenters. The summed E-state index contributed by atoms with van der Waals surface area (Å²) in [6, 6.07) is 16.3. The van der Waals surface area contributed by atoms with Gasteiger partial charge in [0.25, 0.3) is 15.9 Å². The van der Waals surface area contributed by atoms with Gasteiger partial charge in [-0.2, -0.15) is 0 Å². The fraction of sp³-hybridized carbons (Fsp3) is 0.158. The minimum atomic E-state index is -3.71. The van der Waals surface area contributed by atoms with Crippen LogP contribution >= 0.6 is 0 Å². The highest BCUT2D eigenvalue weighted by Crippen LogP contribution is 2.21. The fourth-order valence-electron chi connectivity index (χ4n) is 2.48. The van der Waals surface area contributed by atoms with Crippen LogP contribution in [0, 0.1) is 6.92 Å². The highest BCUT2D eigenvalue weighted by atomic mass is 32.2. The molecule has 2 aromatic carbocycles. The van der Waals surface area contributed by atoms with E-state index in [1.807, 2.05) is 6.07 Å². The van der Waals surface area contributed by atoms with Gasteiger partial charge in [-0.05, 0) is 43.3 Å². The number of nitrogens with one attached hydrogen (secondary N) is 1. The van der Waals surface area contributed by atoms with Crippen molar-refractivity contribution in [1.82, 2.24) is 10.5 Å². The standard InChI is InChI=1S/C19H19N3O4S/c1-14-12-17(26-21-14)13-20-19(23)15-8-10-18(11-9-15)27(24,25)22(2)16-6-4-3-5-7-16/h3-12H,13H2,1-2H3,(H,20,23). The topological polar surface area (TPSA) is 92.5 Å². The van der Waals surface area contributed by atoms with Gasteiger partial charge in [-0.25, -0.2) is 8.42 Å². The molecule has 3 aromatic rings. The Labute approximate surface area is 157 Å². The van der Waals surface area contributed by atoms with Gasteiger partial charge in [0.2, 0.25) is 0 Å². The van der Waals surface area contributed by atoms with Gasteiger partial charge in [-0.3, -0.25) is 9.10 Å². The van der Waals surface area contributed by atoms with Crippen molar-refractivity contribution in [3.8, 4) is 0 Å². The van der Waals surface area contributed by atoms with Gasteiger partial charge in [0.15, 0.2) is 5.76 Å². The van der Waals surface area contributed by atoms with Crippen LogP contribution in [0.2, 0.25) is 0 Å². The average molecular weight is 385 g/mol. The summed E-state index contributed by atoms with van der Waals surface area (Å²) in [5.74, 6) is 0.217. The van der Waals surface area contributed by atoms with Crippen molar-refractivity contribution in [3.05, 3.63) is 77.7 Å². The maximum absolute atomic E-state index is 12.7. The molecule has 1 N–H and O–H groups in total. The minimum absolute atomic E-state index is 0.108. The van der Waals surface area contributed by atoms with Gasteiger partial charge in [-0.1, -0.05) is 23.4 Å². The van der Waals surface area contributed by atoms with E-state index in [2.05, 4.69) is 10.5 Å². The van der Waals surface area contributed by atoms with E-state index in [1.54, 1.807) is 37.3 Å². The molecular formula is C19H19N3O4S. The fourth-order valence-corrected chi connectivity index (χ4v) is 3.68. The molecule has 140 valence electrons. The number of nitrogens with zero attached hydrogens (tertiary/aromatic N) is 2. The van der Waals surface area contributed by atoms with Crippen molar-refractivity contribution in [1.29, 1.82) is 0 Å². The SMILES string of the molecule is Cc1cc(CNC(=O)c2ccc(S(=O)(=O)N(C)c3ccccc3)cc2)on1. The van der Waals surface area contributed by atoms with Crippen molar-refractivity contribution < 1.29 is 17.7 Å². The molecule has 0 bridgehead atoms. The summed E-state index contributed by atoms with van der Waals surface area (Å²) in [7, 11) is -2.22. The van der Waals surface area contributed by atoms with E-state index in [1.165, 1.54) is 35.6 Å². The molecule has 0 saturated carbocycles. The zero-order valence-corrected chi connectivity index (χ0v) is 15.7. The molecule has 0 aliphatic heterocycles. The normalized spacial score (nSPS) is 11.2. The molecule has 0 aliphatic carbocycles.